The summed E-state index contributed by atoms with van der Waals surface area (Å²) in [5, 5.41) is 2.34. The molecule has 0 aliphatic carbocycles. The minimum atomic E-state index is -4.09. The van der Waals surface area contributed by atoms with E-state index in [0.29, 0.717) is 4.31 Å². The van der Waals surface area contributed by atoms with E-state index in [2.05, 4.69) is 5.32 Å². The zero-order valence-electron chi connectivity index (χ0n) is 15.5. The molecule has 2 amide bonds. The van der Waals surface area contributed by atoms with Crippen molar-refractivity contribution >= 4 is 29.4 Å². The Labute approximate surface area is 158 Å². The van der Waals surface area contributed by atoms with E-state index in [0.717, 1.165) is 0 Å². The van der Waals surface area contributed by atoms with Crippen molar-refractivity contribution in [3.8, 4) is 0 Å². The molecule has 1 aromatic rings. The Balaban J connectivity index is 2.08. The molecule has 0 atom stereocenters. The van der Waals surface area contributed by atoms with Crippen LogP contribution in [0.3, 0.4) is 0 Å². The van der Waals surface area contributed by atoms with Crippen molar-refractivity contribution in [3.63, 3.8) is 0 Å². The first-order valence-electron chi connectivity index (χ1n) is 8.35. The monoisotopic (exact) mass is 418 g/mol. The lowest BCUT2D eigenvalue weighted by molar-refractivity contribution is -0.120. The van der Waals surface area contributed by atoms with E-state index in [1.807, 2.05) is 0 Å². The number of nitrogens with zero attached hydrogens (tertiary/aromatic N) is 1. The summed E-state index contributed by atoms with van der Waals surface area (Å²) in [5.41, 5.74) is 0.0160. The summed E-state index contributed by atoms with van der Waals surface area (Å²) in [4.78, 5) is 24.4. The van der Waals surface area contributed by atoms with Gasteiger partial charge in [-0.25, -0.2) is 12.7 Å². The smallest absolute Gasteiger partial charge is 0.343 e. The van der Waals surface area contributed by atoms with Gasteiger partial charge in [0, 0.05) is 0 Å². The fourth-order valence-corrected chi connectivity index (χ4v) is 5.88. The minimum Gasteiger partial charge on any atom is -0.343 e. The van der Waals surface area contributed by atoms with Crippen molar-refractivity contribution in [2.45, 2.75) is 44.8 Å². The number of fused-ring (bicyclic) bond motifs is 1. The molecule has 1 aliphatic rings. The number of nitrogens with one attached hydrogen (secondary N) is 1. The summed E-state index contributed by atoms with van der Waals surface area (Å²) in [6.07, 6.45) is -1.24. The average molecular weight is 418 g/mol. The first-order valence-corrected chi connectivity index (χ1v) is 11.5. The summed E-state index contributed by atoms with van der Waals surface area (Å²) in [6, 6.07) is 5.73. The van der Waals surface area contributed by atoms with Crippen molar-refractivity contribution < 1.29 is 31.6 Å². The van der Waals surface area contributed by atoms with E-state index in [1.165, 1.54) is 18.2 Å². The molecule has 1 N–H and O–H groups in total. The number of hydrogen-bond acceptors (Lipinski definition) is 7. The normalized spacial score (nSPS) is 16.1. The molecule has 0 saturated heterocycles. The third-order valence-corrected chi connectivity index (χ3v) is 7.23. The van der Waals surface area contributed by atoms with Crippen LogP contribution in [-0.4, -0.2) is 49.6 Å². The Morgan fingerprint density at radius 2 is 1.70 bits per heavy atom. The SMILES string of the molecule is CC(C)OP(=O)(CNC(=O)CN1C(=O)c2ccccc2S1(=O)=O)OC(C)C. The maximum Gasteiger partial charge on any atom is 0.350 e. The molecule has 0 bridgehead atoms. The Morgan fingerprint density at radius 3 is 2.22 bits per heavy atom. The maximum absolute atomic E-state index is 12.7. The van der Waals surface area contributed by atoms with Gasteiger partial charge in [-0.15, -0.1) is 0 Å². The predicted molar refractivity (Wildman–Crippen MR) is 97.7 cm³/mol. The molecular weight excluding hydrogens is 395 g/mol. The van der Waals surface area contributed by atoms with E-state index in [9.17, 15) is 22.6 Å². The van der Waals surface area contributed by atoms with Gasteiger partial charge in [0.2, 0.25) is 5.91 Å². The number of amides is 2. The largest absolute Gasteiger partial charge is 0.350 e. The minimum absolute atomic E-state index is 0.0160. The van der Waals surface area contributed by atoms with Crippen LogP contribution in [0.5, 0.6) is 0 Å². The van der Waals surface area contributed by atoms with Crippen LogP contribution >= 0.6 is 7.60 Å². The molecule has 0 radical (unpaired) electrons. The van der Waals surface area contributed by atoms with Gasteiger partial charge in [-0.1, -0.05) is 12.1 Å². The molecule has 9 nitrogen and oxygen atoms in total. The van der Waals surface area contributed by atoms with Gasteiger partial charge in [0.15, 0.2) is 0 Å². The second-order valence-electron chi connectivity index (χ2n) is 6.49. The lowest BCUT2D eigenvalue weighted by Gasteiger charge is -2.23. The van der Waals surface area contributed by atoms with Crippen LogP contribution in [0.25, 0.3) is 0 Å². The van der Waals surface area contributed by atoms with Gasteiger partial charge in [-0.05, 0) is 39.8 Å². The van der Waals surface area contributed by atoms with Gasteiger partial charge < -0.3 is 14.4 Å². The zero-order valence-corrected chi connectivity index (χ0v) is 17.2. The molecule has 1 heterocycles. The van der Waals surface area contributed by atoms with Gasteiger partial charge in [0.25, 0.3) is 15.9 Å². The average Bonchev–Trinajstić information content (AvgIpc) is 2.73. The molecule has 0 fully saturated rings. The molecule has 1 aliphatic heterocycles. The van der Waals surface area contributed by atoms with Crippen LogP contribution in [-0.2, 0) is 28.4 Å². The Kier molecular flexibility index (Phi) is 6.47. The lowest BCUT2D eigenvalue weighted by atomic mass is 10.2. The molecule has 0 spiro atoms. The second kappa shape index (κ2) is 8.10. The lowest BCUT2D eigenvalue weighted by Crippen LogP contribution is -2.40. The van der Waals surface area contributed by atoms with Crippen LogP contribution in [0.4, 0.5) is 0 Å². The van der Waals surface area contributed by atoms with Gasteiger partial charge in [0.1, 0.15) is 17.7 Å². The van der Waals surface area contributed by atoms with E-state index < -0.39 is 54.5 Å². The Bertz CT molecular complexity index is 869. The first kappa shape index (κ1) is 21.6. The predicted octanol–water partition coefficient (Wildman–Crippen LogP) is 1.95. The topological polar surface area (TPSA) is 119 Å². The summed E-state index contributed by atoms with van der Waals surface area (Å²) < 4.78 is 48.7. The van der Waals surface area contributed by atoms with E-state index in [4.69, 9.17) is 9.05 Å². The van der Waals surface area contributed by atoms with Crippen molar-refractivity contribution in [1.29, 1.82) is 0 Å². The number of rotatable bonds is 8. The molecule has 27 heavy (non-hydrogen) atoms. The number of benzene rings is 1. The highest BCUT2D eigenvalue weighted by atomic mass is 32.2. The summed E-state index contributed by atoms with van der Waals surface area (Å²) in [7, 11) is -7.71. The maximum atomic E-state index is 12.7. The van der Waals surface area contributed by atoms with Crippen molar-refractivity contribution in [2.24, 2.45) is 0 Å². The molecular formula is C16H23N2O7PS. The van der Waals surface area contributed by atoms with Crippen LogP contribution in [0, 0.1) is 0 Å². The van der Waals surface area contributed by atoms with E-state index in [-0.39, 0.29) is 10.5 Å². The van der Waals surface area contributed by atoms with Gasteiger partial charge >= 0.3 is 7.60 Å². The third kappa shape index (κ3) is 4.95. The van der Waals surface area contributed by atoms with Crippen LogP contribution in [0.2, 0.25) is 0 Å². The van der Waals surface area contributed by atoms with Gasteiger partial charge in [-0.2, -0.15) is 0 Å². The molecule has 2 rings (SSSR count). The molecule has 11 heteroatoms. The standard InChI is InChI=1S/C16H23N2O7PS/c1-11(2)24-26(21,25-12(3)4)10-17-15(19)9-18-16(20)13-7-5-6-8-14(13)27(18,22)23/h5-8,11-12H,9-10H2,1-4H3,(H,17,19). The Morgan fingerprint density at radius 1 is 1.15 bits per heavy atom. The third-order valence-electron chi connectivity index (χ3n) is 3.41. The molecule has 0 aromatic heterocycles. The molecule has 0 unspecified atom stereocenters. The molecule has 1 aromatic carbocycles. The van der Waals surface area contributed by atoms with E-state index in [1.54, 1.807) is 33.8 Å². The van der Waals surface area contributed by atoms with Crippen LogP contribution < -0.4 is 5.32 Å². The van der Waals surface area contributed by atoms with Gasteiger partial charge in [-0.3, -0.25) is 14.2 Å². The van der Waals surface area contributed by atoms with Crippen LogP contribution in [0.1, 0.15) is 38.1 Å². The second-order valence-corrected chi connectivity index (χ2v) is 10.3. The van der Waals surface area contributed by atoms with Crippen molar-refractivity contribution in [3.05, 3.63) is 29.8 Å². The zero-order chi connectivity index (χ0) is 20.4. The van der Waals surface area contributed by atoms with Crippen LogP contribution in [0.15, 0.2) is 29.2 Å². The first-order chi connectivity index (χ1) is 12.5. The number of carbonyl (C=O) groups excluding carboxylic acids is 2. The molecule has 0 saturated carbocycles. The Hall–Kier alpha value is -1.74. The number of hydrogen-bond donors (Lipinski definition) is 1. The van der Waals surface area contributed by atoms with Crippen molar-refractivity contribution in [1.82, 2.24) is 9.62 Å². The summed E-state index contributed by atoms with van der Waals surface area (Å²) in [6.45, 7) is 5.96. The highest BCUT2D eigenvalue weighted by molar-refractivity contribution is 7.90. The highest BCUT2D eigenvalue weighted by Gasteiger charge is 2.42. The summed E-state index contributed by atoms with van der Waals surface area (Å²) >= 11 is 0. The fraction of sp³-hybridized carbons (Fsp3) is 0.500. The van der Waals surface area contributed by atoms with Gasteiger partial charge in [0.05, 0.1) is 17.8 Å². The highest BCUT2D eigenvalue weighted by Crippen LogP contribution is 2.49. The fourth-order valence-electron chi connectivity index (χ4n) is 2.50. The molecule has 150 valence electrons. The number of carbonyl (C=O) groups is 2. The van der Waals surface area contributed by atoms with Crippen molar-refractivity contribution in [2.75, 3.05) is 12.8 Å². The van der Waals surface area contributed by atoms with E-state index >= 15 is 0 Å². The number of sulfonamides is 1. The quantitative estimate of drug-likeness (QED) is 0.641. The summed E-state index contributed by atoms with van der Waals surface area (Å²) in [5.74, 6) is -1.57.